The van der Waals surface area contributed by atoms with Crippen LogP contribution in [0.1, 0.15) is 0 Å². The summed E-state index contributed by atoms with van der Waals surface area (Å²) < 4.78 is 30.0. The van der Waals surface area contributed by atoms with Gasteiger partial charge in [-0.1, -0.05) is 12.1 Å². The summed E-state index contributed by atoms with van der Waals surface area (Å²) in [6.07, 6.45) is 3.39. The van der Waals surface area contributed by atoms with Gasteiger partial charge in [-0.25, -0.2) is 13.8 Å². The summed E-state index contributed by atoms with van der Waals surface area (Å²) >= 11 is 0. The molecule has 0 saturated heterocycles. The van der Waals surface area contributed by atoms with Crippen LogP contribution in [0.4, 0.5) is 8.78 Å². The number of hydrogen-bond donors (Lipinski definition) is 0. The fraction of sp³-hybridized carbons (Fsp3) is 0. The van der Waals surface area contributed by atoms with Crippen LogP contribution in [0.3, 0.4) is 0 Å². The van der Waals surface area contributed by atoms with E-state index in [4.69, 9.17) is 0 Å². The first-order valence-corrected chi connectivity index (χ1v) is 7.80. The van der Waals surface area contributed by atoms with Crippen molar-refractivity contribution in [1.29, 1.82) is 0 Å². The van der Waals surface area contributed by atoms with Crippen molar-refractivity contribution in [3.8, 4) is 16.8 Å². The monoisotopic (exact) mass is 348 g/mol. The van der Waals surface area contributed by atoms with E-state index in [-0.39, 0.29) is 11.6 Å². The van der Waals surface area contributed by atoms with E-state index in [0.717, 1.165) is 22.2 Å². The van der Waals surface area contributed by atoms with Gasteiger partial charge in [0.2, 0.25) is 0 Å². The molecule has 0 atom stereocenters. The maximum Gasteiger partial charge on any atom is 0.192 e. The molecule has 0 saturated carbocycles. The zero-order chi connectivity index (χ0) is 17.7. The molecule has 0 unspecified atom stereocenters. The van der Waals surface area contributed by atoms with Crippen LogP contribution in [0.15, 0.2) is 61.1 Å². The van der Waals surface area contributed by atoms with Gasteiger partial charge in [-0.2, -0.15) is 4.52 Å². The molecule has 6 nitrogen and oxygen atoms in total. The number of aromatic nitrogens is 6. The predicted molar refractivity (Wildman–Crippen MR) is 90.8 cm³/mol. The molecule has 0 spiro atoms. The highest BCUT2D eigenvalue weighted by molar-refractivity contribution is 6.03. The van der Waals surface area contributed by atoms with Gasteiger partial charge in [0, 0.05) is 17.4 Å². The summed E-state index contributed by atoms with van der Waals surface area (Å²) in [5.74, 6) is -0.635. The molecule has 3 aromatic heterocycles. The molecule has 0 aliphatic rings. The van der Waals surface area contributed by atoms with E-state index in [1.165, 1.54) is 35.1 Å². The topological polar surface area (TPSA) is 60.9 Å². The Kier molecular flexibility index (Phi) is 3.05. The molecule has 5 aromatic rings. The van der Waals surface area contributed by atoms with Crippen molar-refractivity contribution in [2.24, 2.45) is 0 Å². The molecule has 2 aromatic carbocycles. The van der Waals surface area contributed by atoms with Crippen LogP contribution in [0.2, 0.25) is 0 Å². The van der Waals surface area contributed by atoms with Gasteiger partial charge in [0.25, 0.3) is 0 Å². The zero-order valence-corrected chi connectivity index (χ0v) is 13.2. The molecule has 8 heteroatoms. The van der Waals surface area contributed by atoms with Gasteiger partial charge in [-0.15, -0.1) is 5.10 Å². The molecule has 0 N–H and O–H groups in total. The highest BCUT2D eigenvalue weighted by atomic mass is 19.1. The molecular weight excluding hydrogens is 338 g/mol. The van der Waals surface area contributed by atoms with E-state index in [1.807, 2.05) is 10.8 Å². The van der Waals surface area contributed by atoms with Crippen molar-refractivity contribution in [3.05, 3.63) is 72.7 Å². The van der Waals surface area contributed by atoms with Crippen molar-refractivity contribution in [3.63, 3.8) is 0 Å². The average molecular weight is 348 g/mol. The lowest BCUT2D eigenvalue weighted by molar-refractivity contribution is 0.627. The standard InChI is InChI=1S/C18H10F2N6/c19-12-3-1-11(2-4-12)15-9-25(14-7-5-13(20)6-8-14)17-16(15)18-22-23-24-26(18)10-21-17/h1-10H. The lowest BCUT2D eigenvalue weighted by atomic mass is 10.1. The zero-order valence-electron chi connectivity index (χ0n) is 13.2. The van der Waals surface area contributed by atoms with Crippen molar-refractivity contribution in [1.82, 2.24) is 29.6 Å². The Balaban J connectivity index is 1.87. The van der Waals surface area contributed by atoms with Gasteiger partial charge < -0.3 is 4.57 Å². The van der Waals surface area contributed by atoms with Gasteiger partial charge in [-0.3, -0.25) is 0 Å². The molecule has 0 aliphatic heterocycles. The SMILES string of the molecule is Fc1ccc(-c2cn(-c3ccc(F)cc3)c3ncn4nnnc4c23)cc1. The molecule has 0 fully saturated rings. The fourth-order valence-corrected chi connectivity index (χ4v) is 3.04. The summed E-state index contributed by atoms with van der Waals surface area (Å²) in [6.45, 7) is 0. The summed E-state index contributed by atoms with van der Waals surface area (Å²) in [5.41, 5.74) is 3.51. The molecule has 0 radical (unpaired) electrons. The molecule has 0 bridgehead atoms. The number of benzene rings is 2. The maximum absolute atomic E-state index is 13.3. The third-order valence-corrected chi connectivity index (χ3v) is 4.25. The van der Waals surface area contributed by atoms with Crippen LogP contribution in [0, 0.1) is 11.6 Å². The Labute approximate surface area is 145 Å². The predicted octanol–water partition coefficient (Wildman–Crippen LogP) is 3.41. The van der Waals surface area contributed by atoms with Crippen LogP contribution in [-0.4, -0.2) is 29.6 Å². The quantitative estimate of drug-likeness (QED) is 0.490. The summed E-state index contributed by atoms with van der Waals surface area (Å²) in [6, 6.07) is 12.3. The molecule has 126 valence electrons. The second-order valence-electron chi connectivity index (χ2n) is 5.79. The van der Waals surface area contributed by atoms with Gasteiger partial charge >= 0.3 is 0 Å². The third-order valence-electron chi connectivity index (χ3n) is 4.25. The Bertz CT molecular complexity index is 1240. The number of halogens is 2. The van der Waals surface area contributed by atoms with Gasteiger partial charge in [0.15, 0.2) is 11.3 Å². The fourth-order valence-electron chi connectivity index (χ4n) is 3.04. The highest BCUT2D eigenvalue weighted by Gasteiger charge is 2.18. The number of hydrogen-bond acceptors (Lipinski definition) is 4. The van der Waals surface area contributed by atoms with Crippen LogP contribution in [-0.2, 0) is 0 Å². The van der Waals surface area contributed by atoms with Crippen molar-refractivity contribution < 1.29 is 8.78 Å². The number of fused-ring (bicyclic) bond motifs is 3. The summed E-state index contributed by atoms with van der Waals surface area (Å²) in [4.78, 5) is 4.46. The Hall–Kier alpha value is -3.68. The molecular formula is C18H10F2N6. The molecule has 26 heavy (non-hydrogen) atoms. The van der Waals surface area contributed by atoms with E-state index in [0.29, 0.717) is 11.3 Å². The Morgan fingerprint density at radius 3 is 2.23 bits per heavy atom. The highest BCUT2D eigenvalue weighted by Crippen LogP contribution is 2.33. The second kappa shape index (κ2) is 5.41. The van der Waals surface area contributed by atoms with Gasteiger partial charge in [0.05, 0.1) is 5.39 Å². The largest absolute Gasteiger partial charge is 0.301 e. The molecule has 0 amide bonds. The first-order chi connectivity index (χ1) is 12.7. The molecule has 0 aliphatic carbocycles. The van der Waals surface area contributed by atoms with Crippen LogP contribution < -0.4 is 0 Å². The first kappa shape index (κ1) is 14.6. The van der Waals surface area contributed by atoms with E-state index in [1.54, 1.807) is 24.3 Å². The van der Waals surface area contributed by atoms with E-state index >= 15 is 0 Å². The summed E-state index contributed by atoms with van der Waals surface area (Å²) in [5, 5.41) is 12.4. The minimum absolute atomic E-state index is 0.316. The average Bonchev–Trinajstić information content (AvgIpc) is 3.27. The van der Waals surface area contributed by atoms with Crippen LogP contribution in [0.5, 0.6) is 0 Å². The minimum Gasteiger partial charge on any atom is -0.301 e. The lowest BCUT2D eigenvalue weighted by Gasteiger charge is -2.04. The molecule has 3 heterocycles. The Morgan fingerprint density at radius 1 is 0.808 bits per heavy atom. The minimum atomic E-state index is -0.319. The van der Waals surface area contributed by atoms with E-state index in [9.17, 15) is 8.78 Å². The molecule has 5 rings (SSSR count). The van der Waals surface area contributed by atoms with Crippen LogP contribution >= 0.6 is 0 Å². The van der Waals surface area contributed by atoms with Gasteiger partial charge in [0.1, 0.15) is 18.0 Å². The van der Waals surface area contributed by atoms with E-state index in [2.05, 4.69) is 20.5 Å². The summed E-state index contributed by atoms with van der Waals surface area (Å²) in [7, 11) is 0. The van der Waals surface area contributed by atoms with Crippen molar-refractivity contribution in [2.75, 3.05) is 0 Å². The maximum atomic E-state index is 13.3. The van der Waals surface area contributed by atoms with E-state index < -0.39 is 0 Å². The normalized spacial score (nSPS) is 11.5. The number of nitrogens with zero attached hydrogens (tertiary/aromatic N) is 6. The van der Waals surface area contributed by atoms with Crippen molar-refractivity contribution in [2.45, 2.75) is 0 Å². The first-order valence-electron chi connectivity index (χ1n) is 7.80. The van der Waals surface area contributed by atoms with Gasteiger partial charge in [-0.05, 0) is 52.4 Å². The lowest BCUT2D eigenvalue weighted by Crippen LogP contribution is -1.96. The third kappa shape index (κ3) is 2.16. The van der Waals surface area contributed by atoms with Crippen molar-refractivity contribution >= 4 is 16.7 Å². The number of rotatable bonds is 2. The number of tetrazole rings is 1. The second-order valence-corrected chi connectivity index (χ2v) is 5.79. The smallest absolute Gasteiger partial charge is 0.192 e. The Morgan fingerprint density at radius 2 is 1.50 bits per heavy atom. The van der Waals surface area contributed by atoms with Crippen LogP contribution in [0.25, 0.3) is 33.5 Å².